The summed E-state index contributed by atoms with van der Waals surface area (Å²) in [6.07, 6.45) is 5.64. The highest BCUT2D eigenvalue weighted by atomic mass is 35.5. The lowest BCUT2D eigenvalue weighted by Gasteiger charge is -2.34. The van der Waals surface area contributed by atoms with Crippen molar-refractivity contribution in [2.45, 2.75) is 36.8 Å². The Bertz CT molecular complexity index is 586. The van der Waals surface area contributed by atoms with Gasteiger partial charge in [0.15, 0.2) is 5.03 Å². The van der Waals surface area contributed by atoms with Gasteiger partial charge in [-0.1, -0.05) is 11.6 Å². The summed E-state index contributed by atoms with van der Waals surface area (Å²) in [5.41, 5.74) is 0. The van der Waals surface area contributed by atoms with Crippen LogP contribution in [0.3, 0.4) is 0 Å². The Morgan fingerprint density at radius 1 is 1.32 bits per heavy atom. The third-order valence-electron chi connectivity index (χ3n) is 4.59. The lowest BCUT2D eigenvalue weighted by atomic mass is 9.89. The van der Waals surface area contributed by atoms with E-state index in [1.54, 1.807) is 11.4 Å². The molecule has 2 aliphatic heterocycles. The number of hydrogen-bond acceptors (Lipinski definition) is 4. The van der Waals surface area contributed by atoms with Crippen molar-refractivity contribution < 1.29 is 8.42 Å². The Kier molecular flexibility index (Phi) is 5.77. The molecule has 126 valence electrons. The van der Waals surface area contributed by atoms with Crippen LogP contribution in [-0.2, 0) is 17.1 Å². The van der Waals surface area contributed by atoms with Gasteiger partial charge in [0.2, 0.25) is 0 Å². The molecule has 22 heavy (non-hydrogen) atoms. The van der Waals surface area contributed by atoms with E-state index in [-0.39, 0.29) is 22.5 Å². The lowest BCUT2D eigenvalue weighted by Crippen LogP contribution is -2.43. The maximum atomic E-state index is 12.7. The Hall–Kier alpha value is -0.340. The van der Waals surface area contributed by atoms with Crippen molar-refractivity contribution in [3.05, 3.63) is 11.2 Å². The van der Waals surface area contributed by atoms with Crippen LogP contribution in [-0.4, -0.2) is 48.2 Å². The second-order valence-electron chi connectivity index (χ2n) is 5.87. The van der Waals surface area contributed by atoms with Crippen molar-refractivity contribution in [1.82, 2.24) is 19.4 Å². The molecule has 6 nitrogen and oxygen atoms in total. The number of aryl methyl sites for hydroxylation is 1. The smallest absolute Gasteiger partial charge is 0.261 e. The van der Waals surface area contributed by atoms with Gasteiger partial charge in [-0.3, -0.25) is 4.68 Å². The van der Waals surface area contributed by atoms with Crippen LogP contribution >= 0.6 is 24.0 Å². The minimum atomic E-state index is -3.55. The zero-order chi connectivity index (χ0) is 15.0. The van der Waals surface area contributed by atoms with Gasteiger partial charge in [0, 0.05) is 26.2 Å². The number of nitrogens with zero attached hydrogens (tertiary/aromatic N) is 3. The highest BCUT2D eigenvalue weighted by Crippen LogP contribution is 2.30. The van der Waals surface area contributed by atoms with Crippen molar-refractivity contribution in [2.24, 2.45) is 13.0 Å². The molecule has 9 heteroatoms. The molecular weight excluding hydrogens is 347 g/mol. The van der Waals surface area contributed by atoms with Gasteiger partial charge in [0.25, 0.3) is 10.0 Å². The second-order valence-corrected chi connectivity index (χ2v) is 8.13. The average molecular weight is 369 g/mol. The van der Waals surface area contributed by atoms with E-state index in [4.69, 9.17) is 11.6 Å². The molecule has 2 aliphatic rings. The Morgan fingerprint density at radius 2 is 2.00 bits per heavy atom. The summed E-state index contributed by atoms with van der Waals surface area (Å²) < 4.78 is 28.2. The van der Waals surface area contributed by atoms with Crippen molar-refractivity contribution in [1.29, 1.82) is 0 Å². The summed E-state index contributed by atoms with van der Waals surface area (Å²) in [7, 11) is -1.94. The lowest BCUT2D eigenvalue weighted by molar-refractivity contribution is 0.233. The fourth-order valence-electron chi connectivity index (χ4n) is 3.44. The average Bonchev–Trinajstić information content (AvgIpc) is 3.09. The van der Waals surface area contributed by atoms with Crippen LogP contribution in [0.15, 0.2) is 11.2 Å². The molecule has 0 radical (unpaired) electrons. The molecule has 3 rings (SSSR count). The Morgan fingerprint density at radius 3 is 2.50 bits per heavy atom. The maximum absolute atomic E-state index is 12.7. The first kappa shape index (κ1) is 18.0. The maximum Gasteiger partial charge on any atom is 0.261 e. The standard InChI is InChI=1S/C13H21ClN4O2S.ClH/c1-17-13(11(14)9-16-17)21(19,20)18-7-4-10(5-8-18)12-3-2-6-15-12;/h9-10,12,15H,2-8H2,1H3;1H. The predicted molar refractivity (Wildman–Crippen MR) is 88.0 cm³/mol. The molecule has 0 spiro atoms. The summed E-state index contributed by atoms with van der Waals surface area (Å²) in [6, 6.07) is 0.565. The summed E-state index contributed by atoms with van der Waals surface area (Å²) >= 11 is 5.98. The minimum absolute atomic E-state index is 0. The van der Waals surface area contributed by atoms with Gasteiger partial charge >= 0.3 is 0 Å². The number of hydrogen-bond donors (Lipinski definition) is 1. The van der Waals surface area contributed by atoms with E-state index in [0.717, 1.165) is 19.4 Å². The SMILES string of the molecule is Cl.Cn1ncc(Cl)c1S(=O)(=O)N1CCC(C2CCCN2)CC1. The normalized spacial score (nSPS) is 24.4. The monoisotopic (exact) mass is 368 g/mol. The van der Waals surface area contributed by atoms with E-state index in [1.807, 2.05) is 0 Å². The van der Waals surface area contributed by atoms with Gasteiger partial charge in [-0.25, -0.2) is 8.42 Å². The van der Waals surface area contributed by atoms with Gasteiger partial charge in [0.05, 0.1) is 11.2 Å². The summed E-state index contributed by atoms with van der Waals surface area (Å²) in [5, 5.41) is 7.74. The van der Waals surface area contributed by atoms with Crippen LogP contribution in [0.25, 0.3) is 0 Å². The molecular formula is C13H22Cl2N4O2S. The van der Waals surface area contributed by atoms with Crippen LogP contribution in [0.5, 0.6) is 0 Å². The molecule has 0 aliphatic carbocycles. The van der Waals surface area contributed by atoms with E-state index < -0.39 is 10.0 Å². The number of rotatable bonds is 3. The van der Waals surface area contributed by atoms with E-state index >= 15 is 0 Å². The highest BCUT2D eigenvalue weighted by molar-refractivity contribution is 7.89. The number of nitrogens with one attached hydrogen (secondary N) is 1. The van der Waals surface area contributed by atoms with Gasteiger partial charge in [-0.15, -0.1) is 12.4 Å². The summed E-state index contributed by atoms with van der Waals surface area (Å²) in [4.78, 5) is 0. The van der Waals surface area contributed by atoms with Crippen molar-refractivity contribution >= 4 is 34.0 Å². The molecule has 0 saturated carbocycles. The van der Waals surface area contributed by atoms with Crippen molar-refractivity contribution in [2.75, 3.05) is 19.6 Å². The Balaban J connectivity index is 0.00000176. The molecule has 1 aromatic heterocycles. The van der Waals surface area contributed by atoms with E-state index in [9.17, 15) is 8.42 Å². The van der Waals surface area contributed by atoms with Gasteiger partial charge in [-0.2, -0.15) is 9.40 Å². The summed E-state index contributed by atoms with van der Waals surface area (Å²) in [6.45, 7) is 2.22. The third-order valence-corrected chi connectivity index (χ3v) is 7.00. The van der Waals surface area contributed by atoms with Crippen LogP contribution in [0.1, 0.15) is 25.7 Å². The first-order chi connectivity index (χ1) is 10.00. The minimum Gasteiger partial charge on any atom is -0.314 e. The molecule has 2 fully saturated rings. The molecule has 0 aromatic carbocycles. The quantitative estimate of drug-likeness (QED) is 0.880. The van der Waals surface area contributed by atoms with Crippen LogP contribution < -0.4 is 5.32 Å². The largest absolute Gasteiger partial charge is 0.314 e. The molecule has 1 unspecified atom stereocenters. The first-order valence-corrected chi connectivity index (χ1v) is 9.23. The molecule has 0 amide bonds. The number of halogens is 2. The van der Waals surface area contributed by atoms with Gasteiger partial charge in [0.1, 0.15) is 0 Å². The molecule has 1 aromatic rings. The zero-order valence-corrected chi connectivity index (χ0v) is 14.9. The van der Waals surface area contributed by atoms with Crippen LogP contribution in [0.4, 0.5) is 0 Å². The van der Waals surface area contributed by atoms with Gasteiger partial charge in [-0.05, 0) is 38.1 Å². The second kappa shape index (κ2) is 7.05. The number of aromatic nitrogens is 2. The zero-order valence-electron chi connectivity index (χ0n) is 12.5. The van der Waals surface area contributed by atoms with Crippen molar-refractivity contribution in [3.8, 4) is 0 Å². The van der Waals surface area contributed by atoms with Crippen molar-refractivity contribution in [3.63, 3.8) is 0 Å². The molecule has 3 heterocycles. The van der Waals surface area contributed by atoms with Crippen LogP contribution in [0.2, 0.25) is 5.02 Å². The van der Waals surface area contributed by atoms with E-state index in [2.05, 4.69) is 10.4 Å². The van der Waals surface area contributed by atoms with Crippen LogP contribution in [0, 0.1) is 5.92 Å². The fourth-order valence-corrected chi connectivity index (χ4v) is 5.52. The van der Waals surface area contributed by atoms with E-state index in [0.29, 0.717) is 25.0 Å². The Labute approximate surface area is 142 Å². The molecule has 0 bridgehead atoms. The topological polar surface area (TPSA) is 67.2 Å². The highest BCUT2D eigenvalue weighted by Gasteiger charge is 2.35. The molecule has 1 atom stereocenters. The summed E-state index contributed by atoms with van der Waals surface area (Å²) in [5.74, 6) is 0.584. The fraction of sp³-hybridized carbons (Fsp3) is 0.769. The van der Waals surface area contributed by atoms with Gasteiger partial charge < -0.3 is 5.32 Å². The number of sulfonamides is 1. The third kappa shape index (κ3) is 3.28. The molecule has 1 N–H and O–H groups in total. The molecule has 2 saturated heterocycles. The first-order valence-electron chi connectivity index (χ1n) is 7.41. The van der Waals surface area contributed by atoms with E-state index in [1.165, 1.54) is 23.7 Å². The predicted octanol–water partition coefficient (Wildman–Crippen LogP) is 1.65. The number of piperidine rings is 1.